The van der Waals surface area contributed by atoms with E-state index >= 15 is 0 Å². The summed E-state index contributed by atoms with van der Waals surface area (Å²) in [5, 5.41) is 6.22. The molecule has 0 aliphatic heterocycles. The highest BCUT2D eigenvalue weighted by atomic mass is 16.5. The number of hydrogen-bond acceptors (Lipinski definition) is 3. The fourth-order valence-corrected chi connectivity index (χ4v) is 1.89. The average molecular weight is 264 g/mol. The fourth-order valence-electron chi connectivity index (χ4n) is 1.89. The van der Waals surface area contributed by atoms with E-state index in [1.807, 2.05) is 31.2 Å². The Balaban J connectivity index is 2.56. The molecule has 1 aromatic carbocycles. The Morgan fingerprint density at radius 3 is 2.74 bits per heavy atom. The molecule has 0 bridgehead atoms. The van der Waals surface area contributed by atoms with E-state index in [4.69, 9.17) is 4.74 Å². The number of hydrogen-bond donors (Lipinski definition) is 2. The van der Waals surface area contributed by atoms with Crippen molar-refractivity contribution in [2.24, 2.45) is 0 Å². The molecule has 0 saturated heterocycles. The van der Waals surface area contributed by atoms with Gasteiger partial charge in [0.2, 0.25) is 5.91 Å². The van der Waals surface area contributed by atoms with Crippen molar-refractivity contribution in [1.82, 2.24) is 5.32 Å². The molecular weight excluding hydrogens is 240 g/mol. The van der Waals surface area contributed by atoms with E-state index in [9.17, 15) is 4.79 Å². The van der Waals surface area contributed by atoms with Crippen molar-refractivity contribution in [3.8, 4) is 0 Å². The molecule has 0 fully saturated rings. The molecule has 1 amide bonds. The molecule has 0 spiro atoms. The number of benzene rings is 1. The van der Waals surface area contributed by atoms with E-state index in [1.54, 1.807) is 0 Å². The molecular formula is C15H24N2O2. The maximum Gasteiger partial charge on any atom is 0.221 e. The first-order chi connectivity index (χ1) is 9.02. The van der Waals surface area contributed by atoms with Crippen molar-refractivity contribution in [2.75, 3.05) is 18.5 Å². The number of ether oxygens (including phenoxy) is 1. The van der Waals surface area contributed by atoms with Crippen LogP contribution in [0.2, 0.25) is 0 Å². The zero-order valence-electron chi connectivity index (χ0n) is 12.2. The lowest BCUT2D eigenvalue weighted by molar-refractivity contribution is -0.114. The van der Waals surface area contributed by atoms with Crippen LogP contribution in [0.25, 0.3) is 0 Å². The van der Waals surface area contributed by atoms with Crippen molar-refractivity contribution in [1.29, 1.82) is 0 Å². The zero-order chi connectivity index (χ0) is 14.3. The van der Waals surface area contributed by atoms with Crippen LogP contribution in [0.4, 0.5) is 5.69 Å². The Labute approximate surface area is 115 Å². The minimum absolute atomic E-state index is 0.0530. The number of carbonyl (C=O) groups excluding carboxylic acids is 1. The van der Waals surface area contributed by atoms with Crippen LogP contribution in [0.1, 0.15) is 39.3 Å². The highest BCUT2D eigenvalue weighted by Crippen LogP contribution is 2.17. The van der Waals surface area contributed by atoms with Gasteiger partial charge in [0.15, 0.2) is 0 Å². The summed E-state index contributed by atoms with van der Waals surface area (Å²) in [6, 6.07) is 8.10. The van der Waals surface area contributed by atoms with Gasteiger partial charge in [-0.15, -0.1) is 0 Å². The molecule has 19 heavy (non-hydrogen) atoms. The molecule has 0 aliphatic carbocycles. The van der Waals surface area contributed by atoms with Gasteiger partial charge in [0.1, 0.15) is 0 Å². The lowest BCUT2D eigenvalue weighted by Crippen LogP contribution is -2.29. The Hall–Kier alpha value is -1.39. The summed E-state index contributed by atoms with van der Waals surface area (Å²) in [6.07, 6.45) is 0.200. The molecule has 0 aliphatic rings. The van der Waals surface area contributed by atoms with Gasteiger partial charge in [-0.1, -0.05) is 12.1 Å². The second-order valence-corrected chi connectivity index (χ2v) is 4.70. The zero-order valence-corrected chi connectivity index (χ0v) is 12.2. The van der Waals surface area contributed by atoms with E-state index in [1.165, 1.54) is 6.92 Å². The lowest BCUT2D eigenvalue weighted by Gasteiger charge is -2.18. The summed E-state index contributed by atoms with van der Waals surface area (Å²) >= 11 is 0. The number of nitrogens with one attached hydrogen (secondary N) is 2. The summed E-state index contributed by atoms with van der Waals surface area (Å²) in [5.74, 6) is -0.0530. The Kier molecular flexibility index (Phi) is 6.53. The first-order valence-corrected chi connectivity index (χ1v) is 6.75. The molecule has 4 nitrogen and oxygen atoms in total. The lowest BCUT2D eigenvalue weighted by atomic mass is 10.1. The monoisotopic (exact) mass is 264 g/mol. The fraction of sp³-hybridized carbons (Fsp3) is 0.533. The molecule has 0 radical (unpaired) electrons. The van der Waals surface area contributed by atoms with Gasteiger partial charge in [-0.3, -0.25) is 4.79 Å². The maximum absolute atomic E-state index is 11.0. The van der Waals surface area contributed by atoms with Crippen LogP contribution in [0.5, 0.6) is 0 Å². The third-order valence-corrected chi connectivity index (χ3v) is 2.87. The Morgan fingerprint density at radius 2 is 2.11 bits per heavy atom. The summed E-state index contributed by atoms with van der Waals surface area (Å²) in [7, 11) is 0. The highest BCUT2D eigenvalue weighted by Gasteiger charge is 2.08. The number of rotatable bonds is 7. The minimum Gasteiger partial charge on any atom is -0.377 e. The van der Waals surface area contributed by atoms with Crippen molar-refractivity contribution < 1.29 is 9.53 Å². The van der Waals surface area contributed by atoms with Gasteiger partial charge in [-0.25, -0.2) is 0 Å². The van der Waals surface area contributed by atoms with Crippen LogP contribution in [0.3, 0.4) is 0 Å². The molecule has 0 saturated carbocycles. The molecule has 0 heterocycles. The van der Waals surface area contributed by atoms with Crippen LogP contribution in [0, 0.1) is 0 Å². The van der Waals surface area contributed by atoms with Gasteiger partial charge in [0.05, 0.1) is 6.10 Å². The SMILES string of the molecule is CCOC(C)CNC(C)c1cccc(NC(C)=O)c1. The average Bonchev–Trinajstić information content (AvgIpc) is 2.36. The summed E-state index contributed by atoms with van der Waals surface area (Å²) in [6.45, 7) is 9.20. The summed E-state index contributed by atoms with van der Waals surface area (Å²) in [5.41, 5.74) is 1.98. The summed E-state index contributed by atoms with van der Waals surface area (Å²) in [4.78, 5) is 11.0. The molecule has 1 aromatic rings. The molecule has 0 aromatic heterocycles. The van der Waals surface area contributed by atoms with Crippen molar-refractivity contribution in [2.45, 2.75) is 39.8 Å². The van der Waals surface area contributed by atoms with Crippen LogP contribution in [0.15, 0.2) is 24.3 Å². The topological polar surface area (TPSA) is 50.4 Å². The smallest absolute Gasteiger partial charge is 0.221 e. The van der Waals surface area contributed by atoms with Gasteiger partial charge in [-0.2, -0.15) is 0 Å². The summed E-state index contributed by atoms with van der Waals surface area (Å²) < 4.78 is 5.48. The second-order valence-electron chi connectivity index (χ2n) is 4.70. The number of carbonyl (C=O) groups is 1. The second kappa shape index (κ2) is 7.92. The quantitative estimate of drug-likeness (QED) is 0.796. The molecule has 2 N–H and O–H groups in total. The Morgan fingerprint density at radius 1 is 1.37 bits per heavy atom. The van der Waals surface area contributed by atoms with E-state index in [0.29, 0.717) is 0 Å². The maximum atomic E-state index is 11.0. The van der Waals surface area contributed by atoms with Gasteiger partial charge in [0, 0.05) is 31.8 Å². The standard InChI is InChI=1S/C15H24N2O2/c1-5-19-11(2)10-16-12(3)14-7-6-8-15(9-14)17-13(4)18/h6-9,11-12,16H,5,10H2,1-4H3,(H,17,18). The number of amides is 1. The minimum atomic E-state index is -0.0530. The largest absolute Gasteiger partial charge is 0.377 e. The normalized spacial score (nSPS) is 13.9. The van der Waals surface area contributed by atoms with E-state index in [-0.39, 0.29) is 18.1 Å². The van der Waals surface area contributed by atoms with E-state index < -0.39 is 0 Å². The molecule has 4 heteroatoms. The third kappa shape index (κ3) is 5.85. The van der Waals surface area contributed by atoms with Crippen LogP contribution in [-0.2, 0) is 9.53 Å². The van der Waals surface area contributed by atoms with Gasteiger partial charge in [-0.05, 0) is 38.5 Å². The van der Waals surface area contributed by atoms with Gasteiger partial charge in [0.25, 0.3) is 0 Å². The predicted molar refractivity (Wildman–Crippen MR) is 78.3 cm³/mol. The van der Waals surface area contributed by atoms with Crippen molar-refractivity contribution in [3.05, 3.63) is 29.8 Å². The van der Waals surface area contributed by atoms with Crippen LogP contribution < -0.4 is 10.6 Å². The third-order valence-electron chi connectivity index (χ3n) is 2.87. The van der Waals surface area contributed by atoms with E-state index in [0.717, 1.165) is 24.4 Å². The molecule has 2 unspecified atom stereocenters. The first-order valence-electron chi connectivity index (χ1n) is 6.75. The van der Waals surface area contributed by atoms with Gasteiger partial charge >= 0.3 is 0 Å². The molecule has 106 valence electrons. The van der Waals surface area contributed by atoms with Crippen molar-refractivity contribution in [3.63, 3.8) is 0 Å². The van der Waals surface area contributed by atoms with Crippen LogP contribution in [-0.4, -0.2) is 25.2 Å². The predicted octanol–water partition coefficient (Wildman–Crippen LogP) is 2.72. The van der Waals surface area contributed by atoms with Gasteiger partial charge < -0.3 is 15.4 Å². The van der Waals surface area contributed by atoms with Crippen molar-refractivity contribution >= 4 is 11.6 Å². The molecule has 1 rings (SSSR count). The van der Waals surface area contributed by atoms with Crippen LogP contribution >= 0.6 is 0 Å². The number of anilines is 1. The van der Waals surface area contributed by atoms with E-state index in [2.05, 4.69) is 24.5 Å². The Bertz CT molecular complexity index is 407. The highest BCUT2D eigenvalue weighted by molar-refractivity contribution is 5.88. The molecule has 2 atom stereocenters. The first kappa shape index (κ1) is 15.7.